The number of ether oxygens (including phenoxy) is 2. The van der Waals surface area contributed by atoms with Gasteiger partial charge in [-0.2, -0.15) is 5.26 Å². The van der Waals surface area contributed by atoms with Crippen molar-refractivity contribution in [2.24, 2.45) is 0 Å². The van der Waals surface area contributed by atoms with Crippen molar-refractivity contribution in [2.75, 3.05) is 25.2 Å². The first kappa shape index (κ1) is 19.6. The van der Waals surface area contributed by atoms with Crippen molar-refractivity contribution in [1.82, 2.24) is 4.98 Å². The monoisotopic (exact) mass is 427 g/mol. The van der Waals surface area contributed by atoms with Crippen molar-refractivity contribution in [3.05, 3.63) is 52.5 Å². The third kappa shape index (κ3) is 3.92. The van der Waals surface area contributed by atoms with Gasteiger partial charge in [0.25, 0.3) is 5.91 Å². The van der Waals surface area contributed by atoms with E-state index in [0.717, 1.165) is 17.5 Å². The second-order valence-electron chi connectivity index (χ2n) is 6.66. The molecule has 1 unspecified atom stereocenters. The molecule has 29 heavy (non-hydrogen) atoms. The molecule has 1 fully saturated rings. The molecule has 1 aliphatic rings. The van der Waals surface area contributed by atoms with E-state index in [1.807, 2.05) is 0 Å². The Bertz CT molecular complexity index is 1080. The van der Waals surface area contributed by atoms with Gasteiger partial charge in [0.15, 0.2) is 5.13 Å². The quantitative estimate of drug-likeness (QED) is 0.592. The SMILES string of the molecule is COc1ccc(Cl)c2sc(N(CC3CCCO3)C(=O)c3ccc(C#N)cc3)nc12. The van der Waals surface area contributed by atoms with Gasteiger partial charge < -0.3 is 9.47 Å². The third-order valence-electron chi connectivity index (χ3n) is 4.81. The van der Waals surface area contributed by atoms with Crippen LogP contribution in [0.15, 0.2) is 36.4 Å². The smallest absolute Gasteiger partial charge is 0.260 e. The van der Waals surface area contributed by atoms with Crippen molar-refractivity contribution < 1.29 is 14.3 Å². The summed E-state index contributed by atoms with van der Waals surface area (Å²) in [5.41, 5.74) is 1.62. The molecule has 3 aromatic rings. The van der Waals surface area contributed by atoms with E-state index in [2.05, 4.69) is 11.1 Å². The lowest BCUT2D eigenvalue weighted by Gasteiger charge is -2.23. The number of nitriles is 1. The van der Waals surface area contributed by atoms with Crippen LogP contribution in [0.2, 0.25) is 5.02 Å². The van der Waals surface area contributed by atoms with Gasteiger partial charge in [0.1, 0.15) is 11.3 Å². The number of anilines is 1. The average molecular weight is 428 g/mol. The molecule has 0 saturated carbocycles. The van der Waals surface area contributed by atoms with E-state index in [1.165, 1.54) is 11.3 Å². The number of benzene rings is 2. The molecule has 1 atom stereocenters. The first-order valence-electron chi connectivity index (χ1n) is 9.17. The van der Waals surface area contributed by atoms with Crippen molar-refractivity contribution in [3.8, 4) is 11.8 Å². The lowest BCUT2D eigenvalue weighted by molar-refractivity contribution is 0.0917. The Morgan fingerprint density at radius 3 is 2.83 bits per heavy atom. The standard InChI is InChI=1S/C21H18ClN3O3S/c1-27-17-9-8-16(22)19-18(17)24-21(29-19)25(12-15-3-2-10-28-15)20(26)14-6-4-13(11-23)5-7-14/h4-9,15H,2-3,10,12H2,1H3. The summed E-state index contributed by atoms with van der Waals surface area (Å²) < 4.78 is 11.9. The summed E-state index contributed by atoms with van der Waals surface area (Å²) >= 11 is 7.71. The van der Waals surface area contributed by atoms with Crippen molar-refractivity contribution in [2.45, 2.75) is 18.9 Å². The van der Waals surface area contributed by atoms with Crippen LogP contribution in [0.1, 0.15) is 28.8 Å². The summed E-state index contributed by atoms with van der Waals surface area (Å²) in [7, 11) is 1.58. The Morgan fingerprint density at radius 1 is 1.38 bits per heavy atom. The summed E-state index contributed by atoms with van der Waals surface area (Å²) in [6, 6.07) is 12.2. The number of thiazole rings is 1. The molecular formula is C21H18ClN3O3S. The molecule has 0 radical (unpaired) electrons. The lowest BCUT2D eigenvalue weighted by atomic mass is 10.1. The van der Waals surface area contributed by atoms with Crippen molar-refractivity contribution in [3.63, 3.8) is 0 Å². The zero-order valence-electron chi connectivity index (χ0n) is 15.7. The average Bonchev–Trinajstić information content (AvgIpc) is 3.42. The molecule has 8 heteroatoms. The van der Waals surface area contributed by atoms with Crippen LogP contribution in [0.5, 0.6) is 5.75 Å². The Hall–Kier alpha value is -2.66. The maximum atomic E-state index is 13.3. The Morgan fingerprint density at radius 2 is 2.17 bits per heavy atom. The van der Waals surface area contributed by atoms with Crippen LogP contribution in [0, 0.1) is 11.3 Å². The fourth-order valence-electron chi connectivity index (χ4n) is 3.30. The third-order valence-corrected chi connectivity index (χ3v) is 6.35. The van der Waals surface area contributed by atoms with E-state index in [-0.39, 0.29) is 12.0 Å². The minimum absolute atomic E-state index is 0.0401. The number of nitrogens with zero attached hydrogens (tertiary/aromatic N) is 3. The molecule has 0 bridgehead atoms. The molecule has 0 spiro atoms. The van der Waals surface area contributed by atoms with Crippen LogP contribution in [-0.2, 0) is 4.74 Å². The number of hydrogen-bond donors (Lipinski definition) is 0. The van der Waals surface area contributed by atoms with E-state index < -0.39 is 0 Å². The fourth-order valence-corrected chi connectivity index (χ4v) is 4.57. The summed E-state index contributed by atoms with van der Waals surface area (Å²) in [6.45, 7) is 1.10. The molecule has 1 saturated heterocycles. The van der Waals surface area contributed by atoms with Gasteiger partial charge in [-0.3, -0.25) is 9.69 Å². The Labute approximate surface area is 177 Å². The topological polar surface area (TPSA) is 75.5 Å². The van der Waals surface area contributed by atoms with E-state index in [0.29, 0.717) is 45.7 Å². The lowest BCUT2D eigenvalue weighted by Crippen LogP contribution is -2.37. The fraction of sp³-hybridized carbons (Fsp3) is 0.286. The number of aromatic nitrogens is 1. The van der Waals surface area contributed by atoms with Gasteiger partial charge in [-0.1, -0.05) is 22.9 Å². The van der Waals surface area contributed by atoms with Gasteiger partial charge in [0, 0.05) is 12.2 Å². The van der Waals surface area contributed by atoms with E-state index in [1.54, 1.807) is 48.4 Å². The summed E-state index contributed by atoms with van der Waals surface area (Å²) in [6.07, 6.45) is 1.83. The molecule has 6 nitrogen and oxygen atoms in total. The molecular weight excluding hydrogens is 410 g/mol. The molecule has 1 amide bonds. The largest absolute Gasteiger partial charge is 0.494 e. The molecule has 0 aliphatic carbocycles. The van der Waals surface area contributed by atoms with Crippen molar-refractivity contribution in [1.29, 1.82) is 5.26 Å². The molecule has 2 aromatic carbocycles. The van der Waals surface area contributed by atoms with Gasteiger partial charge in [-0.15, -0.1) is 0 Å². The number of methoxy groups -OCH3 is 1. The summed E-state index contributed by atoms with van der Waals surface area (Å²) in [5, 5.41) is 10.1. The highest BCUT2D eigenvalue weighted by molar-refractivity contribution is 7.23. The summed E-state index contributed by atoms with van der Waals surface area (Å²) in [5.74, 6) is 0.411. The predicted molar refractivity (Wildman–Crippen MR) is 113 cm³/mol. The highest BCUT2D eigenvalue weighted by Gasteiger charge is 2.28. The van der Waals surface area contributed by atoms with Gasteiger partial charge in [0.05, 0.1) is 41.1 Å². The highest BCUT2D eigenvalue weighted by Crippen LogP contribution is 2.39. The van der Waals surface area contributed by atoms with Crippen LogP contribution in [0.4, 0.5) is 5.13 Å². The number of amides is 1. The second kappa shape index (κ2) is 8.37. The van der Waals surface area contributed by atoms with Crippen LogP contribution >= 0.6 is 22.9 Å². The zero-order valence-corrected chi connectivity index (χ0v) is 17.3. The minimum Gasteiger partial charge on any atom is -0.494 e. The molecule has 4 rings (SSSR count). The Balaban J connectivity index is 1.75. The normalized spacial score (nSPS) is 16.0. The van der Waals surface area contributed by atoms with Gasteiger partial charge in [-0.05, 0) is 49.2 Å². The number of fused-ring (bicyclic) bond motifs is 1. The van der Waals surface area contributed by atoms with Crippen LogP contribution in [0.25, 0.3) is 10.2 Å². The van der Waals surface area contributed by atoms with Crippen molar-refractivity contribution >= 4 is 44.2 Å². The highest BCUT2D eigenvalue weighted by atomic mass is 35.5. The van der Waals surface area contributed by atoms with Gasteiger partial charge in [-0.25, -0.2) is 4.98 Å². The molecule has 1 aromatic heterocycles. The zero-order chi connectivity index (χ0) is 20.4. The number of hydrogen-bond acceptors (Lipinski definition) is 6. The first-order valence-corrected chi connectivity index (χ1v) is 10.4. The van der Waals surface area contributed by atoms with Gasteiger partial charge >= 0.3 is 0 Å². The maximum absolute atomic E-state index is 13.3. The Kier molecular flexibility index (Phi) is 5.67. The van der Waals surface area contributed by atoms with Crippen LogP contribution < -0.4 is 9.64 Å². The number of carbonyl (C=O) groups excluding carboxylic acids is 1. The van der Waals surface area contributed by atoms with E-state index in [9.17, 15) is 4.79 Å². The second-order valence-corrected chi connectivity index (χ2v) is 8.05. The molecule has 2 heterocycles. The first-order chi connectivity index (χ1) is 14.1. The molecule has 148 valence electrons. The minimum atomic E-state index is -0.195. The summed E-state index contributed by atoms with van der Waals surface area (Å²) in [4.78, 5) is 19.6. The predicted octanol–water partition coefficient (Wildman–Crippen LogP) is 4.66. The van der Waals surface area contributed by atoms with Crippen LogP contribution in [-0.4, -0.2) is 37.3 Å². The van der Waals surface area contributed by atoms with Crippen LogP contribution in [0.3, 0.4) is 0 Å². The van der Waals surface area contributed by atoms with E-state index >= 15 is 0 Å². The van der Waals surface area contributed by atoms with Gasteiger partial charge in [0.2, 0.25) is 0 Å². The maximum Gasteiger partial charge on any atom is 0.260 e. The molecule has 1 aliphatic heterocycles. The number of halogens is 1. The van der Waals surface area contributed by atoms with E-state index in [4.69, 9.17) is 26.3 Å². The number of rotatable bonds is 5. The molecule has 0 N–H and O–H groups in total. The number of carbonyl (C=O) groups is 1.